The summed E-state index contributed by atoms with van der Waals surface area (Å²) in [7, 11) is -6.38. The summed E-state index contributed by atoms with van der Waals surface area (Å²) in [6, 6.07) is 15.7. The molecule has 0 fully saturated rings. The molecule has 0 saturated carbocycles. The molecule has 3 aromatic carbocycles. The van der Waals surface area contributed by atoms with Crippen molar-refractivity contribution in [1.29, 1.82) is 0 Å². The van der Waals surface area contributed by atoms with Gasteiger partial charge in [0, 0.05) is 16.6 Å². The van der Waals surface area contributed by atoms with Crippen LogP contribution in [0.2, 0.25) is 23.2 Å². The number of halogens is 2. The average Bonchev–Trinajstić information content (AvgIpc) is 2.90. The zero-order valence-corrected chi connectivity index (χ0v) is 27.2. The molecule has 0 aliphatic rings. The molecular formula is C31H37ClFNO6SSi. The van der Waals surface area contributed by atoms with Gasteiger partial charge in [-0.15, -0.1) is 0 Å². The summed E-state index contributed by atoms with van der Waals surface area (Å²) < 4.78 is 46.5. The first-order chi connectivity index (χ1) is 19.5. The minimum absolute atomic E-state index is 0.0625. The van der Waals surface area contributed by atoms with Crippen LogP contribution in [0.3, 0.4) is 0 Å². The number of rotatable bonds is 11. The van der Waals surface area contributed by atoms with E-state index in [0.29, 0.717) is 23.3 Å². The molecule has 0 saturated heterocycles. The molecule has 0 unspecified atom stereocenters. The van der Waals surface area contributed by atoms with Crippen LogP contribution in [-0.4, -0.2) is 51.7 Å². The zero-order chi connectivity index (χ0) is 31.5. The van der Waals surface area contributed by atoms with E-state index in [1.165, 1.54) is 17.0 Å². The van der Waals surface area contributed by atoms with Gasteiger partial charge in [0.25, 0.3) is 0 Å². The Morgan fingerprint density at radius 2 is 1.74 bits per heavy atom. The maximum Gasteiger partial charge on any atom is 0.407 e. The highest BCUT2D eigenvalue weighted by Gasteiger charge is 2.40. The van der Waals surface area contributed by atoms with Gasteiger partial charge in [0.15, 0.2) is 14.6 Å². The summed E-state index contributed by atoms with van der Waals surface area (Å²) in [5, 5.41) is 10.6. The quantitative estimate of drug-likeness (QED) is 0.131. The molecule has 11 heteroatoms. The Bertz CT molecular complexity index is 1540. The third-order valence-electron chi connectivity index (χ3n) is 7.76. The van der Waals surface area contributed by atoms with Crippen LogP contribution >= 0.6 is 11.6 Å². The van der Waals surface area contributed by atoms with Gasteiger partial charge in [-0.3, -0.25) is 4.79 Å². The summed E-state index contributed by atoms with van der Waals surface area (Å²) in [4.78, 5) is 24.8. The smallest absolute Gasteiger partial charge is 0.407 e. The molecule has 2 atom stereocenters. The van der Waals surface area contributed by atoms with E-state index < -0.39 is 42.2 Å². The highest BCUT2D eigenvalue weighted by atomic mass is 35.5. The summed E-state index contributed by atoms with van der Waals surface area (Å²) >= 11 is 6.28. The van der Waals surface area contributed by atoms with Gasteiger partial charge in [-0.05, 0) is 85.1 Å². The van der Waals surface area contributed by atoms with Gasteiger partial charge < -0.3 is 14.4 Å². The maximum atomic E-state index is 13.5. The van der Waals surface area contributed by atoms with E-state index in [4.69, 9.17) is 16.0 Å². The third kappa shape index (κ3) is 7.86. The lowest BCUT2D eigenvalue weighted by atomic mass is 10.0. The second-order valence-corrected chi connectivity index (χ2v) is 19.0. The van der Waals surface area contributed by atoms with Crippen molar-refractivity contribution >= 4 is 42.1 Å². The van der Waals surface area contributed by atoms with E-state index in [2.05, 4.69) is 33.9 Å². The first kappa shape index (κ1) is 33.4. The van der Waals surface area contributed by atoms with Crippen molar-refractivity contribution in [2.24, 2.45) is 0 Å². The Morgan fingerprint density at radius 3 is 2.29 bits per heavy atom. The molecular weight excluding hydrogens is 597 g/mol. The number of hydrogen-bond donors (Lipinski definition) is 1. The van der Waals surface area contributed by atoms with Gasteiger partial charge in [0.2, 0.25) is 9.84 Å². The van der Waals surface area contributed by atoms with Crippen LogP contribution in [0.1, 0.15) is 55.3 Å². The van der Waals surface area contributed by atoms with Crippen LogP contribution < -0.4 is 0 Å². The highest BCUT2D eigenvalue weighted by Crippen LogP contribution is 2.40. The molecule has 0 radical (unpaired) electrons. The molecule has 1 N–H and O–H groups in total. The van der Waals surface area contributed by atoms with E-state index in [-0.39, 0.29) is 26.9 Å². The fraction of sp³-hybridized carbons (Fsp3) is 0.355. The molecule has 226 valence electrons. The lowest BCUT2D eigenvalue weighted by molar-refractivity contribution is 0.0843. The molecule has 0 aromatic heterocycles. The average molecular weight is 634 g/mol. The van der Waals surface area contributed by atoms with Gasteiger partial charge in [-0.2, -0.15) is 0 Å². The lowest BCUT2D eigenvalue weighted by Gasteiger charge is -2.41. The molecule has 7 nitrogen and oxygen atoms in total. The van der Waals surface area contributed by atoms with Crippen LogP contribution in [0.15, 0.2) is 76.5 Å². The van der Waals surface area contributed by atoms with Crippen molar-refractivity contribution in [3.8, 4) is 0 Å². The third-order valence-corrected chi connectivity index (χ3v) is 14.3. The SMILES string of the molecule is C[C@H](Cc1ccc(S(=O)(=O)c2ccc(F)cc2C=O)cc1)N(C[C@H](O[Si](C)(C)C(C)(C)C)c1cccc(Cl)c1)C(=O)O. The number of sulfone groups is 1. The number of carboxylic acid groups (broad SMARTS) is 1. The van der Waals surface area contributed by atoms with E-state index in [1.807, 2.05) is 12.1 Å². The predicted molar refractivity (Wildman–Crippen MR) is 164 cm³/mol. The topological polar surface area (TPSA) is 101 Å². The second kappa shape index (κ2) is 13.1. The fourth-order valence-corrected chi connectivity index (χ4v) is 7.20. The molecule has 0 aliphatic carbocycles. The lowest BCUT2D eigenvalue weighted by Crippen LogP contribution is -2.47. The van der Waals surface area contributed by atoms with Crippen LogP contribution in [0, 0.1) is 5.82 Å². The number of amides is 1. The molecule has 0 bridgehead atoms. The minimum Gasteiger partial charge on any atom is -0.465 e. The zero-order valence-electron chi connectivity index (χ0n) is 24.6. The summed E-state index contributed by atoms with van der Waals surface area (Å²) in [6.07, 6.45) is -1.04. The van der Waals surface area contributed by atoms with E-state index in [1.54, 1.807) is 31.2 Å². The Balaban J connectivity index is 1.86. The monoisotopic (exact) mass is 633 g/mol. The number of carbonyl (C=O) groups is 2. The molecule has 0 heterocycles. The van der Waals surface area contributed by atoms with E-state index in [0.717, 1.165) is 23.8 Å². The van der Waals surface area contributed by atoms with Crippen LogP contribution in [0.5, 0.6) is 0 Å². The van der Waals surface area contributed by atoms with Crippen LogP contribution in [0.25, 0.3) is 0 Å². The van der Waals surface area contributed by atoms with Crippen molar-refractivity contribution in [3.05, 3.63) is 94.3 Å². The summed E-state index contributed by atoms with van der Waals surface area (Å²) in [5.41, 5.74) is 1.24. The Labute approximate surface area is 253 Å². The van der Waals surface area contributed by atoms with Gasteiger partial charge in [0.1, 0.15) is 5.82 Å². The van der Waals surface area contributed by atoms with Crippen LogP contribution in [-0.2, 0) is 20.7 Å². The first-order valence-corrected chi connectivity index (χ1v) is 18.2. The highest BCUT2D eigenvalue weighted by molar-refractivity contribution is 7.91. The van der Waals surface area contributed by atoms with E-state index in [9.17, 15) is 27.5 Å². The van der Waals surface area contributed by atoms with Gasteiger partial charge in [-0.25, -0.2) is 17.6 Å². The number of hydrogen-bond acceptors (Lipinski definition) is 5. The molecule has 42 heavy (non-hydrogen) atoms. The Kier molecular flexibility index (Phi) is 10.4. The molecule has 3 aromatic rings. The Hall–Kier alpha value is -3.05. The molecule has 0 spiro atoms. The standard InChI is InChI=1S/C31H37ClFNO6SSi/c1-21(16-22-10-13-27(14-11-22)41(38,39)29-15-12-26(33)18-24(29)20-35)34(30(36)37)19-28(23-8-7-9-25(32)17-23)40-42(5,6)31(2,3)4/h7-15,17-18,20-21,28H,16,19H2,1-6H3,(H,36,37)/t21-,28+/m1/s1. The number of aldehydes is 1. The normalized spacial score (nSPS) is 13.8. The number of nitrogens with zero attached hydrogens (tertiary/aromatic N) is 1. The number of benzene rings is 3. The maximum absolute atomic E-state index is 13.5. The molecule has 3 rings (SSSR count). The predicted octanol–water partition coefficient (Wildman–Crippen LogP) is 7.80. The van der Waals surface area contributed by atoms with Gasteiger partial charge in [-0.1, -0.05) is 56.6 Å². The van der Waals surface area contributed by atoms with Crippen molar-refractivity contribution in [1.82, 2.24) is 4.90 Å². The fourth-order valence-electron chi connectivity index (χ4n) is 4.31. The number of carbonyl (C=O) groups excluding carboxylic acids is 1. The van der Waals surface area contributed by atoms with Crippen molar-refractivity contribution in [3.63, 3.8) is 0 Å². The second-order valence-electron chi connectivity index (χ2n) is 11.9. The van der Waals surface area contributed by atoms with Crippen molar-refractivity contribution in [2.45, 2.75) is 74.2 Å². The summed E-state index contributed by atoms with van der Waals surface area (Å²) in [6.45, 7) is 12.4. The minimum atomic E-state index is -4.08. The molecule has 1 amide bonds. The van der Waals surface area contributed by atoms with Crippen molar-refractivity contribution in [2.75, 3.05) is 6.54 Å². The largest absolute Gasteiger partial charge is 0.465 e. The van der Waals surface area contributed by atoms with Gasteiger partial charge in [0.05, 0.1) is 22.4 Å². The van der Waals surface area contributed by atoms with Gasteiger partial charge >= 0.3 is 6.09 Å². The molecule has 0 aliphatic heterocycles. The van der Waals surface area contributed by atoms with Crippen LogP contribution in [0.4, 0.5) is 9.18 Å². The first-order valence-electron chi connectivity index (χ1n) is 13.5. The summed E-state index contributed by atoms with van der Waals surface area (Å²) in [5.74, 6) is -0.712. The van der Waals surface area contributed by atoms with E-state index >= 15 is 0 Å². The Morgan fingerprint density at radius 1 is 1.10 bits per heavy atom. The van der Waals surface area contributed by atoms with Crippen molar-refractivity contribution < 1.29 is 31.9 Å².